The van der Waals surface area contributed by atoms with Crippen LogP contribution in [0.1, 0.15) is 87.9 Å². The summed E-state index contributed by atoms with van der Waals surface area (Å²) >= 11 is 0. The van der Waals surface area contributed by atoms with E-state index >= 15 is 0 Å². The molecule has 5 heteroatoms. The number of hydrogen-bond acceptors (Lipinski definition) is 5. The first kappa shape index (κ1) is 22.7. The number of carbonyl (C=O) groups is 1. The highest BCUT2D eigenvalue weighted by Gasteiger charge is 2.29. The second-order valence-electron chi connectivity index (χ2n) is 7.86. The van der Waals surface area contributed by atoms with Gasteiger partial charge in [-0.3, -0.25) is 0 Å². The molecule has 1 fully saturated rings. The van der Waals surface area contributed by atoms with Gasteiger partial charge in [0.15, 0.2) is 0 Å². The molecule has 0 heterocycles. The number of unbranched alkanes of at least 4 members (excludes halogenated alkanes) is 7. The number of aliphatic hydroxyl groups is 2. The Morgan fingerprint density at radius 1 is 0.929 bits per heavy atom. The minimum absolute atomic E-state index is 0.340. The maximum Gasteiger partial charge on any atom is 0.342 e. The Hall–Kier alpha value is -1.59. The van der Waals surface area contributed by atoms with E-state index in [0.717, 1.165) is 12.8 Å². The third kappa shape index (κ3) is 8.19. The van der Waals surface area contributed by atoms with Crippen LogP contribution in [0.25, 0.3) is 0 Å². The lowest BCUT2D eigenvalue weighted by molar-refractivity contribution is -0.0409. The van der Waals surface area contributed by atoms with Gasteiger partial charge in [0, 0.05) is 12.8 Å². The quantitative estimate of drug-likeness (QED) is 0.400. The van der Waals surface area contributed by atoms with E-state index < -0.39 is 24.3 Å². The van der Waals surface area contributed by atoms with Crippen molar-refractivity contribution in [3.63, 3.8) is 0 Å². The molecule has 0 aliphatic heterocycles. The molecule has 2 rings (SSSR count). The maximum atomic E-state index is 12.5. The maximum absolute atomic E-state index is 12.5. The zero-order valence-corrected chi connectivity index (χ0v) is 17.1. The second-order valence-corrected chi connectivity index (χ2v) is 7.86. The molecule has 0 radical (unpaired) electrons. The first-order valence-corrected chi connectivity index (χ1v) is 10.9. The number of rotatable bonds is 12. The highest BCUT2D eigenvalue weighted by Crippen LogP contribution is 2.25. The second kappa shape index (κ2) is 12.8. The lowest BCUT2D eigenvalue weighted by atomic mass is 9.92. The molecule has 1 aromatic rings. The third-order valence-electron chi connectivity index (χ3n) is 5.25. The van der Waals surface area contributed by atoms with E-state index in [1.165, 1.54) is 38.5 Å². The SMILES string of the molecule is CCCCCCCCCCOc1ccccc1C(=O)OC1C[C@@H](O)C[C@@H](O)C1. The molecule has 1 aromatic carbocycles. The number of esters is 1. The molecule has 0 saturated heterocycles. The van der Waals surface area contributed by atoms with Gasteiger partial charge in [-0.1, -0.05) is 64.0 Å². The molecule has 1 saturated carbocycles. The molecule has 0 bridgehead atoms. The number of para-hydroxylation sites is 1. The van der Waals surface area contributed by atoms with E-state index in [9.17, 15) is 15.0 Å². The third-order valence-corrected chi connectivity index (χ3v) is 5.25. The van der Waals surface area contributed by atoms with Crippen molar-refractivity contribution in [2.75, 3.05) is 6.61 Å². The van der Waals surface area contributed by atoms with E-state index in [-0.39, 0.29) is 0 Å². The van der Waals surface area contributed by atoms with Crippen LogP contribution < -0.4 is 4.74 Å². The average molecular weight is 393 g/mol. The fraction of sp³-hybridized carbons (Fsp3) is 0.696. The van der Waals surface area contributed by atoms with E-state index in [2.05, 4.69) is 6.92 Å². The summed E-state index contributed by atoms with van der Waals surface area (Å²) in [7, 11) is 0. The summed E-state index contributed by atoms with van der Waals surface area (Å²) in [6, 6.07) is 7.10. The highest BCUT2D eigenvalue weighted by atomic mass is 16.5. The van der Waals surface area contributed by atoms with Crippen molar-refractivity contribution in [2.45, 2.75) is 95.9 Å². The largest absolute Gasteiger partial charge is 0.493 e. The lowest BCUT2D eigenvalue weighted by Gasteiger charge is -2.29. The van der Waals surface area contributed by atoms with Crippen molar-refractivity contribution in [2.24, 2.45) is 0 Å². The van der Waals surface area contributed by atoms with Crippen LogP contribution >= 0.6 is 0 Å². The first-order chi connectivity index (χ1) is 13.6. The Bertz CT molecular complexity index is 564. The van der Waals surface area contributed by atoms with Gasteiger partial charge in [-0.05, 0) is 25.0 Å². The van der Waals surface area contributed by atoms with E-state index in [0.29, 0.717) is 37.2 Å². The molecular formula is C23H36O5. The molecule has 0 spiro atoms. The standard InChI is InChI=1S/C23H36O5/c1-2-3-4-5-6-7-8-11-14-27-22-13-10-9-12-21(22)23(26)28-20-16-18(24)15-19(25)17-20/h9-10,12-13,18-20,24-25H,2-8,11,14-17H2,1H3/t18-,19+,20?. The molecule has 0 aromatic heterocycles. The van der Waals surface area contributed by atoms with Crippen molar-refractivity contribution >= 4 is 5.97 Å². The normalized spacial score (nSPS) is 22.0. The minimum Gasteiger partial charge on any atom is -0.493 e. The zero-order chi connectivity index (χ0) is 20.2. The molecule has 3 atom stereocenters. The minimum atomic E-state index is -0.630. The van der Waals surface area contributed by atoms with Gasteiger partial charge in [0.05, 0.1) is 18.8 Å². The zero-order valence-electron chi connectivity index (χ0n) is 17.1. The predicted octanol–water partition coefficient (Wildman–Crippen LogP) is 4.64. The summed E-state index contributed by atoms with van der Waals surface area (Å²) in [4.78, 5) is 12.5. The molecule has 0 amide bonds. The molecular weight excluding hydrogens is 356 g/mol. The Morgan fingerprint density at radius 3 is 2.21 bits per heavy atom. The van der Waals surface area contributed by atoms with Crippen molar-refractivity contribution in [1.29, 1.82) is 0 Å². The fourth-order valence-corrected chi connectivity index (χ4v) is 3.70. The van der Waals surface area contributed by atoms with Gasteiger partial charge in [0.1, 0.15) is 17.4 Å². The Kier molecular flexibility index (Phi) is 10.4. The molecule has 28 heavy (non-hydrogen) atoms. The van der Waals surface area contributed by atoms with Gasteiger partial charge in [-0.15, -0.1) is 0 Å². The van der Waals surface area contributed by atoms with Crippen LogP contribution in [0.2, 0.25) is 0 Å². The summed E-state index contributed by atoms with van der Waals surface area (Å²) in [5, 5.41) is 19.5. The van der Waals surface area contributed by atoms with Crippen LogP contribution in [-0.4, -0.2) is 41.1 Å². The van der Waals surface area contributed by atoms with Gasteiger partial charge < -0.3 is 19.7 Å². The molecule has 1 aliphatic carbocycles. The van der Waals surface area contributed by atoms with Crippen LogP contribution in [0.15, 0.2) is 24.3 Å². The van der Waals surface area contributed by atoms with Gasteiger partial charge in [-0.25, -0.2) is 4.79 Å². The summed E-state index contributed by atoms with van der Waals surface area (Å²) in [6.45, 7) is 2.81. The molecule has 5 nitrogen and oxygen atoms in total. The number of ether oxygens (including phenoxy) is 2. The van der Waals surface area contributed by atoms with Crippen LogP contribution in [0.5, 0.6) is 5.75 Å². The van der Waals surface area contributed by atoms with Gasteiger partial charge in [-0.2, -0.15) is 0 Å². The van der Waals surface area contributed by atoms with Crippen LogP contribution in [-0.2, 0) is 4.74 Å². The fourth-order valence-electron chi connectivity index (χ4n) is 3.70. The summed E-state index contributed by atoms with van der Waals surface area (Å²) < 4.78 is 11.3. The van der Waals surface area contributed by atoms with Crippen LogP contribution in [0.3, 0.4) is 0 Å². The van der Waals surface area contributed by atoms with Crippen molar-refractivity contribution in [3.8, 4) is 5.75 Å². The van der Waals surface area contributed by atoms with E-state index in [1.807, 2.05) is 6.07 Å². The number of hydrogen-bond donors (Lipinski definition) is 2. The van der Waals surface area contributed by atoms with Gasteiger partial charge in [0.2, 0.25) is 0 Å². The topological polar surface area (TPSA) is 76.0 Å². The number of carbonyl (C=O) groups excluding carboxylic acids is 1. The number of aliphatic hydroxyl groups excluding tert-OH is 2. The molecule has 158 valence electrons. The van der Waals surface area contributed by atoms with Crippen molar-refractivity contribution in [3.05, 3.63) is 29.8 Å². The lowest BCUT2D eigenvalue weighted by Crippen LogP contribution is -2.35. The van der Waals surface area contributed by atoms with Crippen molar-refractivity contribution in [1.82, 2.24) is 0 Å². The average Bonchev–Trinajstić information content (AvgIpc) is 2.66. The monoisotopic (exact) mass is 392 g/mol. The van der Waals surface area contributed by atoms with E-state index in [1.54, 1.807) is 18.2 Å². The summed E-state index contributed by atoms with van der Waals surface area (Å²) in [5.74, 6) is 0.0742. The van der Waals surface area contributed by atoms with Crippen LogP contribution in [0.4, 0.5) is 0 Å². The van der Waals surface area contributed by atoms with Gasteiger partial charge >= 0.3 is 5.97 Å². The smallest absolute Gasteiger partial charge is 0.342 e. The van der Waals surface area contributed by atoms with Crippen LogP contribution in [0, 0.1) is 0 Å². The van der Waals surface area contributed by atoms with Gasteiger partial charge in [0.25, 0.3) is 0 Å². The predicted molar refractivity (Wildman–Crippen MR) is 110 cm³/mol. The van der Waals surface area contributed by atoms with E-state index in [4.69, 9.17) is 9.47 Å². The molecule has 1 aliphatic rings. The Balaban J connectivity index is 1.73. The Labute approximate surface area is 169 Å². The molecule has 2 N–H and O–H groups in total. The molecule has 1 unspecified atom stereocenters. The summed E-state index contributed by atoms with van der Waals surface area (Å²) in [5.41, 5.74) is 0.400. The highest BCUT2D eigenvalue weighted by molar-refractivity contribution is 5.92. The van der Waals surface area contributed by atoms with Crippen molar-refractivity contribution < 1.29 is 24.5 Å². The summed E-state index contributed by atoms with van der Waals surface area (Å²) in [6.07, 6.45) is 9.20. The number of benzene rings is 1. The first-order valence-electron chi connectivity index (χ1n) is 10.9. The Morgan fingerprint density at radius 2 is 1.54 bits per heavy atom.